The van der Waals surface area contributed by atoms with Gasteiger partial charge in [0.15, 0.2) is 5.78 Å². The monoisotopic (exact) mass is 219 g/mol. The highest BCUT2D eigenvalue weighted by Crippen LogP contribution is 2.33. The summed E-state index contributed by atoms with van der Waals surface area (Å²) in [7, 11) is 1.30. The minimum absolute atomic E-state index is 0.0332. The van der Waals surface area contributed by atoms with E-state index in [0.29, 0.717) is 5.56 Å². The summed E-state index contributed by atoms with van der Waals surface area (Å²) in [5.41, 5.74) is 1.45. The number of carbonyl (C=O) groups excluding carboxylic acids is 2. The molecule has 4 nitrogen and oxygen atoms in total. The van der Waals surface area contributed by atoms with Gasteiger partial charge in [0.05, 0.1) is 12.7 Å². The van der Waals surface area contributed by atoms with E-state index in [0.717, 1.165) is 18.5 Å². The van der Waals surface area contributed by atoms with Gasteiger partial charge in [-0.15, -0.1) is 0 Å². The lowest BCUT2D eigenvalue weighted by Crippen LogP contribution is -2.12. The van der Waals surface area contributed by atoms with E-state index in [1.165, 1.54) is 13.3 Å². The van der Waals surface area contributed by atoms with Crippen molar-refractivity contribution in [3.05, 3.63) is 29.1 Å². The molecule has 0 N–H and O–H groups in total. The molecule has 0 aliphatic heterocycles. The number of hydrogen-bond donors (Lipinski definition) is 0. The number of aromatic nitrogens is 1. The van der Waals surface area contributed by atoms with Crippen molar-refractivity contribution in [2.45, 2.75) is 19.8 Å². The summed E-state index contributed by atoms with van der Waals surface area (Å²) >= 11 is 0. The fraction of sp³-hybridized carbons (Fsp3) is 0.417. The molecule has 1 aliphatic rings. The molecule has 16 heavy (non-hydrogen) atoms. The molecule has 0 aromatic carbocycles. The van der Waals surface area contributed by atoms with Crippen LogP contribution in [0.5, 0.6) is 0 Å². The smallest absolute Gasteiger partial charge is 0.340 e. The van der Waals surface area contributed by atoms with E-state index in [1.54, 1.807) is 13.0 Å². The van der Waals surface area contributed by atoms with Gasteiger partial charge in [-0.25, -0.2) is 4.79 Å². The molecule has 1 heterocycles. The van der Waals surface area contributed by atoms with E-state index in [4.69, 9.17) is 0 Å². The van der Waals surface area contributed by atoms with E-state index in [2.05, 4.69) is 9.72 Å². The normalized spacial score (nSPS) is 14.6. The van der Waals surface area contributed by atoms with Crippen LogP contribution in [0.25, 0.3) is 0 Å². The predicted molar refractivity (Wildman–Crippen MR) is 57.4 cm³/mol. The number of rotatable bonds is 3. The third-order valence-electron chi connectivity index (χ3n) is 2.66. The molecule has 0 unspecified atom stereocenters. The van der Waals surface area contributed by atoms with Gasteiger partial charge in [-0.3, -0.25) is 9.78 Å². The van der Waals surface area contributed by atoms with E-state index in [1.807, 2.05) is 0 Å². The van der Waals surface area contributed by atoms with E-state index in [-0.39, 0.29) is 17.3 Å². The Morgan fingerprint density at radius 2 is 2.06 bits per heavy atom. The van der Waals surface area contributed by atoms with Crippen molar-refractivity contribution in [3.8, 4) is 0 Å². The van der Waals surface area contributed by atoms with Crippen LogP contribution in [0.15, 0.2) is 12.3 Å². The minimum atomic E-state index is -0.503. The molecule has 1 fully saturated rings. The lowest BCUT2D eigenvalue weighted by Gasteiger charge is -2.06. The highest BCUT2D eigenvalue weighted by Gasteiger charge is 2.33. The summed E-state index contributed by atoms with van der Waals surface area (Å²) in [6.07, 6.45) is 3.25. The first-order chi connectivity index (χ1) is 7.63. The van der Waals surface area contributed by atoms with Crippen LogP contribution in [0.3, 0.4) is 0 Å². The molecule has 84 valence electrons. The van der Waals surface area contributed by atoms with Crippen LogP contribution < -0.4 is 0 Å². The highest BCUT2D eigenvalue weighted by atomic mass is 16.5. The molecule has 0 radical (unpaired) electrons. The fourth-order valence-electron chi connectivity index (χ4n) is 1.60. The summed E-state index contributed by atoms with van der Waals surface area (Å²) in [5, 5.41) is 0. The average Bonchev–Trinajstić information content (AvgIpc) is 3.11. The molecule has 0 saturated heterocycles. The third kappa shape index (κ3) is 1.96. The largest absolute Gasteiger partial charge is 0.465 e. The first kappa shape index (κ1) is 10.8. The standard InChI is InChI=1S/C12H13NO3/c1-7-5-9(11(14)8-3-4-8)10(6-13-7)12(15)16-2/h5-6,8H,3-4H2,1-2H3. The van der Waals surface area contributed by atoms with Crippen molar-refractivity contribution < 1.29 is 14.3 Å². The summed E-state index contributed by atoms with van der Waals surface area (Å²) in [6.45, 7) is 1.80. The number of pyridine rings is 1. The maximum absolute atomic E-state index is 12.0. The third-order valence-corrected chi connectivity index (χ3v) is 2.66. The summed E-state index contributed by atoms with van der Waals surface area (Å²) in [4.78, 5) is 27.5. The van der Waals surface area contributed by atoms with Crippen LogP contribution in [0, 0.1) is 12.8 Å². The molecule has 1 aromatic heterocycles. The highest BCUT2D eigenvalue weighted by molar-refractivity contribution is 6.07. The van der Waals surface area contributed by atoms with Crippen LogP contribution in [0.2, 0.25) is 0 Å². The van der Waals surface area contributed by atoms with Crippen molar-refractivity contribution in [2.24, 2.45) is 5.92 Å². The summed E-state index contributed by atoms with van der Waals surface area (Å²) in [6, 6.07) is 1.66. The first-order valence-corrected chi connectivity index (χ1v) is 5.22. The second kappa shape index (κ2) is 4.04. The van der Waals surface area contributed by atoms with Crippen LogP contribution in [0.4, 0.5) is 0 Å². The molecular formula is C12H13NO3. The Balaban J connectivity index is 2.43. The molecule has 1 aromatic rings. The number of methoxy groups -OCH3 is 1. The number of Topliss-reactive ketones (excluding diaryl/α,β-unsaturated/α-hetero) is 1. The molecule has 0 spiro atoms. The van der Waals surface area contributed by atoms with Gasteiger partial charge < -0.3 is 4.74 Å². The summed E-state index contributed by atoms with van der Waals surface area (Å²) in [5.74, 6) is -0.382. The van der Waals surface area contributed by atoms with Crippen LogP contribution in [-0.4, -0.2) is 23.8 Å². The van der Waals surface area contributed by atoms with Crippen LogP contribution in [0.1, 0.15) is 39.3 Å². The predicted octanol–water partition coefficient (Wildman–Crippen LogP) is 1.77. The Kier molecular flexibility index (Phi) is 2.73. The summed E-state index contributed by atoms with van der Waals surface area (Å²) < 4.78 is 4.64. The SMILES string of the molecule is COC(=O)c1cnc(C)cc1C(=O)C1CC1. The topological polar surface area (TPSA) is 56.3 Å². The maximum Gasteiger partial charge on any atom is 0.340 e. The van der Waals surface area contributed by atoms with Crippen molar-refractivity contribution in [1.82, 2.24) is 4.98 Å². The second-order valence-electron chi connectivity index (χ2n) is 4.00. The number of aryl methyl sites for hydroxylation is 1. The quantitative estimate of drug-likeness (QED) is 0.574. The van der Waals surface area contributed by atoms with E-state index >= 15 is 0 Å². The number of ketones is 1. The van der Waals surface area contributed by atoms with Gasteiger partial charge in [-0.05, 0) is 25.8 Å². The fourth-order valence-corrected chi connectivity index (χ4v) is 1.60. The zero-order valence-corrected chi connectivity index (χ0v) is 9.32. The first-order valence-electron chi connectivity index (χ1n) is 5.22. The zero-order chi connectivity index (χ0) is 11.7. The molecular weight excluding hydrogens is 206 g/mol. The Labute approximate surface area is 93.6 Å². The Morgan fingerprint density at radius 3 is 2.62 bits per heavy atom. The van der Waals surface area contributed by atoms with Gasteiger partial charge in [0.25, 0.3) is 0 Å². The van der Waals surface area contributed by atoms with Crippen molar-refractivity contribution in [1.29, 1.82) is 0 Å². The van der Waals surface area contributed by atoms with Gasteiger partial charge in [0.2, 0.25) is 0 Å². The molecule has 2 rings (SSSR count). The molecule has 4 heteroatoms. The molecule has 1 aliphatic carbocycles. The minimum Gasteiger partial charge on any atom is -0.465 e. The van der Waals surface area contributed by atoms with Crippen molar-refractivity contribution >= 4 is 11.8 Å². The second-order valence-corrected chi connectivity index (χ2v) is 4.00. The van der Waals surface area contributed by atoms with Gasteiger partial charge in [-0.2, -0.15) is 0 Å². The van der Waals surface area contributed by atoms with Crippen LogP contribution in [-0.2, 0) is 4.74 Å². The van der Waals surface area contributed by atoms with Gasteiger partial charge in [-0.1, -0.05) is 0 Å². The maximum atomic E-state index is 12.0. The van der Waals surface area contributed by atoms with Gasteiger partial charge in [0, 0.05) is 23.4 Å². The number of hydrogen-bond acceptors (Lipinski definition) is 4. The Hall–Kier alpha value is -1.71. The van der Waals surface area contributed by atoms with E-state index in [9.17, 15) is 9.59 Å². The lowest BCUT2D eigenvalue weighted by atomic mass is 10.0. The van der Waals surface area contributed by atoms with Crippen molar-refractivity contribution in [2.75, 3.05) is 7.11 Å². The Bertz CT molecular complexity index is 450. The molecule has 0 atom stereocenters. The molecule has 0 bridgehead atoms. The van der Waals surface area contributed by atoms with E-state index < -0.39 is 5.97 Å². The number of ether oxygens (including phenoxy) is 1. The van der Waals surface area contributed by atoms with Crippen LogP contribution >= 0.6 is 0 Å². The zero-order valence-electron chi connectivity index (χ0n) is 9.32. The number of esters is 1. The lowest BCUT2D eigenvalue weighted by molar-refractivity contribution is 0.0596. The van der Waals surface area contributed by atoms with Gasteiger partial charge in [0.1, 0.15) is 0 Å². The average molecular weight is 219 g/mol. The number of nitrogens with zero attached hydrogens (tertiary/aromatic N) is 1. The number of carbonyl (C=O) groups is 2. The van der Waals surface area contributed by atoms with Gasteiger partial charge >= 0.3 is 5.97 Å². The Morgan fingerprint density at radius 1 is 1.38 bits per heavy atom. The molecule has 1 saturated carbocycles. The molecule has 0 amide bonds. The van der Waals surface area contributed by atoms with Crippen molar-refractivity contribution in [3.63, 3.8) is 0 Å².